The van der Waals surface area contributed by atoms with E-state index >= 15 is 0 Å². The van der Waals surface area contributed by atoms with Crippen LogP contribution in [0.15, 0.2) is 0 Å². The summed E-state index contributed by atoms with van der Waals surface area (Å²) in [6.07, 6.45) is 1.35. The Kier molecular flexibility index (Phi) is 6.59. The molecule has 0 heterocycles. The molecule has 0 spiro atoms. The van der Waals surface area contributed by atoms with E-state index in [4.69, 9.17) is 11.6 Å². The first kappa shape index (κ1) is 12.4. The SMILES string of the molecule is CCCC([ClH+])C(=O)CC(=O)OCC. The van der Waals surface area contributed by atoms with Gasteiger partial charge in [0.25, 0.3) is 0 Å². The second-order valence-electron chi connectivity index (χ2n) is 2.73. The molecule has 0 N–H and O–H groups in total. The molecule has 0 aliphatic rings. The van der Waals surface area contributed by atoms with Gasteiger partial charge in [0.15, 0.2) is 0 Å². The molecule has 0 amide bonds. The maximum Gasteiger partial charge on any atom is 0.313 e. The number of ether oxygens (including phenoxy) is 1. The number of carbonyl (C=O) groups is 2. The summed E-state index contributed by atoms with van der Waals surface area (Å²) in [5.41, 5.74) is 0. The summed E-state index contributed by atoms with van der Waals surface area (Å²) in [6, 6.07) is 0. The predicted octanol–water partition coefficient (Wildman–Crippen LogP) is 0.959. The third-order valence-corrected chi connectivity index (χ3v) is 2.03. The molecule has 1 unspecified atom stereocenters. The monoisotopic (exact) mass is 207 g/mol. The van der Waals surface area contributed by atoms with Gasteiger partial charge in [0.1, 0.15) is 18.0 Å². The lowest BCUT2D eigenvalue weighted by Crippen LogP contribution is -2.22. The van der Waals surface area contributed by atoms with Gasteiger partial charge in [-0.2, -0.15) is 0 Å². The number of halogens is 1. The molecule has 0 saturated carbocycles. The lowest BCUT2D eigenvalue weighted by Gasteiger charge is -2.01. The van der Waals surface area contributed by atoms with Gasteiger partial charge in [-0.25, -0.2) is 0 Å². The number of hydrogen-bond acceptors (Lipinski definition) is 3. The molecular formula is C9H16ClO3+. The van der Waals surface area contributed by atoms with Crippen molar-refractivity contribution >= 4 is 11.8 Å². The number of esters is 1. The second kappa shape index (κ2) is 6.89. The minimum atomic E-state index is -0.474. The van der Waals surface area contributed by atoms with Crippen LogP contribution in [0.4, 0.5) is 0 Å². The van der Waals surface area contributed by atoms with Gasteiger partial charge in [-0.15, -0.1) is 0 Å². The van der Waals surface area contributed by atoms with Crippen LogP contribution in [0.3, 0.4) is 0 Å². The smallest absolute Gasteiger partial charge is 0.313 e. The first-order valence-corrected chi connectivity index (χ1v) is 4.93. The largest absolute Gasteiger partial charge is 0.466 e. The summed E-state index contributed by atoms with van der Waals surface area (Å²) in [5, 5.41) is -0.436. The van der Waals surface area contributed by atoms with Crippen LogP contribution in [0.25, 0.3) is 0 Å². The van der Waals surface area contributed by atoms with E-state index in [0.717, 1.165) is 6.42 Å². The molecule has 0 aromatic carbocycles. The van der Waals surface area contributed by atoms with E-state index < -0.39 is 11.3 Å². The summed E-state index contributed by atoms with van der Waals surface area (Å²) in [5.74, 6) is -0.672. The highest BCUT2D eigenvalue weighted by atomic mass is 35.5. The zero-order chi connectivity index (χ0) is 10.3. The number of carbonyl (C=O) groups excluding carboxylic acids is 2. The maximum atomic E-state index is 11.2. The minimum Gasteiger partial charge on any atom is -0.466 e. The Morgan fingerprint density at radius 2 is 2.00 bits per heavy atom. The van der Waals surface area contributed by atoms with Crippen LogP contribution in [0, 0.1) is 11.6 Å². The van der Waals surface area contributed by atoms with Crippen molar-refractivity contribution in [1.29, 1.82) is 0 Å². The average molecular weight is 208 g/mol. The van der Waals surface area contributed by atoms with E-state index in [0.29, 0.717) is 13.0 Å². The number of alkyl halides is 1. The lowest BCUT2D eigenvalue weighted by molar-refractivity contribution is -0.404. The Hall–Kier alpha value is -0.570. The van der Waals surface area contributed by atoms with Crippen molar-refractivity contribution in [3.05, 3.63) is 0 Å². The lowest BCUT2D eigenvalue weighted by atomic mass is 10.1. The van der Waals surface area contributed by atoms with Crippen molar-refractivity contribution in [2.75, 3.05) is 6.61 Å². The Morgan fingerprint density at radius 3 is 2.46 bits per heavy atom. The van der Waals surface area contributed by atoms with Crippen molar-refractivity contribution in [1.82, 2.24) is 0 Å². The maximum absolute atomic E-state index is 11.2. The summed E-state index contributed by atoms with van der Waals surface area (Å²) in [7, 11) is 0. The second-order valence-corrected chi connectivity index (χ2v) is 3.29. The fraction of sp³-hybridized carbons (Fsp3) is 0.778. The van der Waals surface area contributed by atoms with E-state index in [1.165, 1.54) is 0 Å². The van der Waals surface area contributed by atoms with Crippen molar-refractivity contribution in [3.8, 4) is 0 Å². The van der Waals surface area contributed by atoms with Crippen LogP contribution in [-0.4, -0.2) is 23.7 Å². The molecule has 0 radical (unpaired) electrons. The van der Waals surface area contributed by atoms with E-state index in [9.17, 15) is 9.59 Å². The summed E-state index contributed by atoms with van der Waals surface area (Å²) in [4.78, 5) is 22.1. The first-order chi connectivity index (χ1) is 6.11. The van der Waals surface area contributed by atoms with Crippen LogP contribution in [0.1, 0.15) is 33.1 Å². The highest BCUT2D eigenvalue weighted by molar-refractivity contribution is 5.97. The topological polar surface area (TPSA) is 43.4 Å². The summed E-state index contributed by atoms with van der Waals surface area (Å²) >= 11 is 4.90. The molecule has 4 heteroatoms. The zero-order valence-electron chi connectivity index (χ0n) is 8.04. The Morgan fingerprint density at radius 1 is 1.38 bits per heavy atom. The Bertz CT molecular complexity index is 180. The molecule has 76 valence electrons. The molecule has 13 heavy (non-hydrogen) atoms. The van der Waals surface area contributed by atoms with Gasteiger partial charge in [0, 0.05) is 6.42 Å². The molecule has 0 aliphatic heterocycles. The van der Waals surface area contributed by atoms with Crippen LogP contribution in [0.2, 0.25) is 0 Å². The third kappa shape index (κ3) is 5.64. The molecule has 0 saturated heterocycles. The molecule has 0 fully saturated rings. The first-order valence-electron chi connectivity index (χ1n) is 4.45. The van der Waals surface area contributed by atoms with Crippen LogP contribution < -0.4 is 0 Å². The van der Waals surface area contributed by atoms with E-state index in [1.54, 1.807) is 6.92 Å². The molecule has 0 aromatic heterocycles. The molecule has 3 nitrogen and oxygen atoms in total. The van der Waals surface area contributed by atoms with Gasteiger partial charge >= 0.3 is 5.97 Å². The normalized spacial score (nSPS) is 12.2. The van der Waals surface area contributed by atoms with E-state index in [-0.39, 0.29) is 12.2 Å². The third-order valence-electron chi connectivity index (χ3n) is 1.53. The number of hydrogen-bond donors (Lipinski definition) is 0. The Labute approximate surface area is 83.4 Å². The highest BCUT2D eigenvalue weighted by Gasteiger charge is 2.24. The van der Waals surface area contributed by atoms with E-state index in [2.05, 4.69) is 4.74 Å². The molecular weight excluding hydrogens is 192 g/mol. The average Bonchev–Trinajstić information content (AvgIpc) is 2.05. The van der Waals surface area contributed by atoms with Gasteiger partial charge in [0.2, 0.25) is 11.2 Å². The summed E-state index contributed by atoms with van der Waals surface area (Å²) < 4.78 is 4.63. The van der Waals surface area contributed by atoms with Crippen molar-refractivity contribution in [2.24, 2.45) is 0 Å². The van der Waals surface area contributed by atoms with Crippen molar-refractivity contribution in [2.45, 2.75) is 38.5 Å². The van der Waals surface area contributed by atoms with Crippen molar-refractivity contribution < 1.29 is 25.9 Å². The minimum absolute atomic E-state index is 0.179. The van der Waals surface area contributed by atoms with Gasteiger partial charge in [-0.3, -0.25) is 9.59 Å². The van der Waals surface area contributed by atoms with E-state index in [1.807, 2.05) is 6.92 Å². The Balaban J connectivity index is 3.78. The molecule has 0 rings (SSSR count). The van der Waals surface area contributed by atoms with Crippen LogP contribution in [-0.2, 0) is 14.3 Å². The predicted molar refractivity (Wildman–Crippen MR) is 46.3 cm³/mol. The molecule has 0 bridgehead atoms. The molecule has 0 aromatic rings. The van der Waals surface area contributed by atoms with Crippen molar-refractivity contribution in [3.63, 3.8) is 0 Å². The number of Topliss-reactive ketones (excluding diaryl/α,β-unsaturated/α-hetero) is 1. The van der Waals surface area contributed by atoms with Gasteiger partial charge in [-0.1, -0.05) is 13.3 Å². The quantitative estimate of drug-likeness (QED) is 0.370. The van der Waals surface area contributed by atoms with Crippen LogP contribution in [0.5, 0.6) is 0 Å². The standard InChI is InChI=1S/C9H16ClO3/c1-3-5-7(10)8(11)6-9(12)13-4-2/h7,10H,3-6H2,1-2H3/q+1. The van der Waals surface area contributed by atoms with Gasteiger partial charge in [0.05, 0.1) is 6.61 Å². The summed E-state index contributed by atoms with van der Waals surface area (Å²) in [6.45, 7) is 3.97. The number of rotatable bonds is 6. The van der Waals surface area contributed by atoms with Gasteiger partial charge < -0.3 is 4.74 Å². The zero-order valence-corrected chi connectivity index (χ0v) is 8.86. The highest BCUT2D eigenvalue weighted by Crippen LogP contribution is 2.02. The number of ketones is 1. The van der Waals surface area contributed by atoms with Gasteiger partial charge in [-0.05, 0) is 6.92 Å². The fourth-order valence-electron chi connectivity index (χ4n) is 0.891. The fourth-order valence-corrected chi connectivity index (χ4v) is 1.21. The molecule has 0 aliphatic carbocycles. The molecule has 1 atom stereocenters. The van der Waals surface area contributed by atoms with Crippen LogP contribution >= 0.6 is 0 Å².